The summed E-state index contributed by atoms with van der Waals surface area (Å²) in [6.07, 6.45) is 14.0. The van der Waals surface area contributed by atoms with Gasteiger partial charge in [0.25, 0.3) is 6.71 Å². The summed E-state index contributed by atoms with van der Waals surface area (Å²) in [4.78, 5) is 8.03. The lowest BCUT2D eigenvalue weighted by Crippen LogP contribution is -2.64. The Morgan fingerprint density at radius 3 is 1.66 bits per heavy atom. The van der Waals surface area contributed by atoms with E-state index in [0.717, 1.165) is 59.9 Å². The quantitative estimate of drug-likeness (QED) is 0.160. The van der Waals surface area contributed by atoms with Gasteiger partial charge in [0, 0.05) is 50.3 Å². The van der Waals surface area contributed by atoms with Gasteiger partial charge in [-0.1, -0.05) is 196 Å². The normalized spacial score (nSPS) is 20.0. The van der Waals surface area contributed by atoms with Crippen LogP contribution in [0.25, 0.3) is 16.5 Å². The molecule has 1 aromatic heterocycles. The summed E-state index contributed by atoms with van der Waals surface area (Å²) in [6, 6.07) is 43.7. The van der Waals surface area contributed by atoms with Crippen molar-refractivity contribution in [2.24, 2.45) is 0 Å². The maximum absolute atomic E-state index is 7.73. The summed E-state index contributed by atoms with van der Waals surface area (Å²) in [6.45, 7) is 40.3. The molecule has 12 rings (SSSR count). The summed E-state index contributed by atoms with van der Waals surface area (Å²) in [5.74, 6) is 0.920. The van der Waals surface area contributed by atoms with Gasteiger partial charge in [-0.15, -0.1) is 0 Å². The maximum Gasteiger partial charge on any atom is 0.257 e. The molecular formula is C72H84BN3O. The molecule has 0 amide bonds. The number of benzene rings is 6. The van der Waals surface area contributed by atoms with Gasteiger partial charge in [0.05, 0.1) is 16.9 Å². The van der Waals surface area contributed by atoms with E-state index in [1.54, 1.807) is 0 Å². The molecule has 0 bridgehead atoms. The molecule has 2 atom stereocenters. The van der Waals surface area contributed by atoms with Crippen LogP contribution >= 0.6 is 0 Å². The van der Waals surface area contributed by atoms with Crippen molar-refractivity contribution in [1.82, 2.24) is 0 Å². The molecule has 0 saturated heterocycles. The Hall–Kier alpha value is -6.20. The van der Waals surface area contributed by atoms with Crippen LogP contribution in [0.4, 0.5) is 45.7 Å². The number of nitrogens with zero attached hydrogens (tertiary/aromatic N) is 3. The van der Waals surface area contributed by atoms with E-state index in [4.69, 9.17) is 4.42 Å². The van der Waals surface area contributed by atoms with Crippen molar-refractivity contribution in [3.05, 3.63) is 166 Å². The summed E-state index contributed by atoms with van der Waals surface area (Å²) in [5.41, 5.74) is 23.8. The molecule has 77 heavy (non-hydrogen) atoms. The van der Waals surface area contributed by atoms with Crippen LogP contribution in [-0.2, 0) is 32.5 Å². The molecule has 2 aliphatic carbocycles. The fourth-order valence-electron chi connectivity index (χ4n) is 14.0. The SMILES string of the molecule is CC(C)(C)c1ccc(N(c2ccc(C(C)(C)C)cc2)c2cc3c4c(c2)N2c5c(cc(C(C)(C)C)cc5C5(C)CCCCC25C)B4c2c(oc4cc(C(C)(C)C)ccc24)N3c2ccc(C(C)(C)C)cc2C2=CCCC=C2)cc1. The molecule has 3 aliphatic heterocycles. The fourth-order valence-corrected chi connectivity index (χ4v) is 14.0. The van der Waals surface area contributed by atoms with Crippen LogP contribution in [0.3, 0.4) is 0 Å². The molecule has 6 aromatic carbocycles. The third-order valence-electron chi connectivity index (χ3n) is 19.0. The van der Waals surface area contributed by atoms with Gasteiger partial charge in [-0.3, -0.25) is 4.90 Å². The highest BCUT2D eigenvalue weighted by Crippen LogP contribution is 2.63. The van der Waals surface area contributed by atoms with Crippen LogP contribution in [0.2, 0.25) is 0 Å². The first-order valence-corrected chi connectivity index (χ1v) is 29.1. The smallest absolute Gasteiger partial charge is 0.257 e. The average molecular weight is 1020 g/mol. The van der Waals surface area contributed by atoms with Crippen molar-refractivity contribution >= 4 is 85.3 Å². The highest BCUT2D eigenvalue weighted by atomic mass is 16.4. The van der Waals surface area contributed by atoms with Gasteiger partial charge in [0.15, 0.2) is 0 Å². The summed E-state index contributed by atoms with van der Waals surface area (Å²) >= 11 is 0. The van der Waals surface area contributed by atoms with Crippen LogP contribution in [0.1, 0.15) is 195 Å². The van der Waals surface area contributed by atoms with Crippen LogP contribution in [0, 0.1) is 0 Å². The van der Waals surface area contributed by atoms with Gasteiger partial charge in [-0.2, -0.15) is 0 Å². The molecule has 5 aliphatic rings. The first kappa shape index (κ1) is 51.6. The average Bonchev–Trinajstić information content (AvgIpc) is 4.08. The van der Waals surface area contributed by atoms with Crippen molar-refractivity contribution in [1.29, 1.82) is 0 Å². The van der Waals surface area contributed by atoms with E-state index in [2.05, 4.69) is 260 Å². The maximum atomic E-state index is 7.73. The number of allylic oxidation sites excluding steroid dienone is 4. The lowest BCUT2D eigenvalue weighted by atomic mass is 9.33. The predicted molar refractivity (Wildman–Crippen MR) is 333 cm³/mol. The predicted octanol–water partition coefficient (Wildman–Crippen LogP) is 18.5. The van der Waals surface area contributed by atoms with Gasteiger partial charge in [0.2, 0.25) is 5.88 Å². The molecule has 0 spiro atoms. The molecule has 2 unspecified atom stereocenters. The Bertz CT molecular complexity index is 3530. The monoisotopic (exact) mass is 1020 g/mol. The van der Waals surface area contributed by atoms with Crippen molar-refractivity contribution in [3.63, 3.8) is 0 Å². The largest absolute Gasteiger partial charge is 0.440 e. The number of hydrogen-bond acceptors (Lipinski definition) is 4. The second kappa shape index (κ2) is 17.2. The van der Waals surface area contributed by atoms with E-state index in [1.165, 1.54) is 96.2 Å². The highest BCUT2D eigenvalue weighted by molar-refractivity contribution is 7.01. The van der Waals surface area contributed by atoms with E-state index in [9.17, 15) is 0 Å². The molecule has 0 radical (unpaired) electrons. The van der Waals surface area contributed by atoms with Crippen molar-refractivity contribution in [3.8, 4) is 0 Å². The van der Waals surface area contributed by atoms with Crippen LogP contribution < -0.4 is 31.1 Å². The van der Waals surface area contributed by atoms with E-state index in [0.29, 0.717) is 0 Å². The van der Waals surface area contributed by atoms with E-state index < -0.39 is 0 Å². The highest BCUT2D eigenvalue weighted by Gasteiger charge is 2.62. The van der Waals surface area contributed by atoms with Crippen molar-refractivity contribution in [2.45, 2.75) is 194 Å². The molecule has 0 N–H and O–H groups in total. The minimum atomic E-state index is -0.174. The van der Waals surface area contributed by atoms with Gasteiger partial charge in [0.1, 0.15) is 5.58 Å². The Kier molecular flexibility index (Phi) is 11.5. The number of hydrogen-bond donors (Lipinski definition) is 0. The standard InChI is InChI=1S/C72H84BN3O/c1-66(2,3)46-25-31-51(32-26-46)74(52-33-27-47(28-34-52)67(4,5)6)53-43-59-63-60(44-53)76-64-56(71(16)37-21-22-38-72(71,76)17)40-50(70(13,14)15)41-57(64)73(63)62-54-35-29-49(69(10,11)12)42-61(54)77-65(62)75(59)58-36-30-48(68(7,8)9)39-55(58)45-23-19-18-20-24-45/h19,23-36,39-44H,18,20-22,37-38H2,1-17H3. The lowest BCUT2D eigenvalue weighted by Gasteiger charge is -2.52. The van der Waals surface area contributed by atoms with E-state index in [-0.39, 0.29) is 44.7 Å². The molecular weight excluding hydrogens is 934 g/mol. The number of furan rings is 1. The van der Waals surface area contributed by atoms with Gasteiger partial charge in [-0.05, 0) is 164 Å². The molecule has 4 nitrogen and oxygen atoms in total. The van der Waals surface area contributed by atoms with Gasteiger partial charge >= 0.3 is 0 Å². The Morgan fingerprint density at radius 2 is 1.08 bits per heavy atom. The molecule has 4 heterocycles. The topological polar surface area (TPSA) is 22.9 Å². The summed E-state index contributed by atoms with van der Waals surface area (Å²) in [7, 11) is 0. The minimum Gasteiger partial charge on any atom is -0.440 e. The van der Waals surface area contributed by atoms with Gasteiger partial charge < -0.3 is 14.2 Å². The minimum absolute atomic E-state index is 0.0141. The Labute approximate surface area is 462 Å². The second-order valence-corrected chi connectivity index (χ2v) is 29.4. The summed E-state index contributed by atoms with van der Waals surface area (Å²) < 4.78 is 7.73. The zero-order valence-corrected chi connectivity index (χ0v) is 49.7. The fraction of sp³-hybridized carbons (Fsp3) is 0.417. The second-order valence-electron chi connectivity index (χ2n) is 29.4. The Balaban J connectivity index is 1.25. The first-order valence-electron chi connectivity index (χ1n) is 29.1. The number of rotatable bonds is 5. The van der Waals surface area contributed by atoms with Crippen molar-refractivity contribution in [2.75, 3.05) is 14.7 Å². The number of fused-ring (bicyclic) bond motifs is 9. The number of anilines is 8. The molecule has 1 saturated carbocycles. The van der Waals surface area contributed by atoms with Crippen LogP contribution in [0.5, 0.6) is 0 Å². The van der Waals surface area contributed by atoms with Gasteiger partial charge in [-0.25, -0.2) is 0 Å². The van der Waals surface area contributed by atoms with Crippen LogP contribution in [0.15, 0.2) is 132 Å². The summed E-state index contributed by atoms with van der Waals surface area (Å²) in [5, 5.41) is 1.20. The lowest BCUT2D eigenvalue weighted by molar-refractivity contribution is 0.195. The third-order valence-corrected chi connectivity index (χ3v) is 19.0. The molecule has 1 fully saturated rings. The van der Waals surface area contributed by atoms with Crippen LogP contribution in [-0.4, -0.2) is 12.3 Å². The first-order chi connectivity index (χ1) is 36.1. The molecule has 5 heteroatoms. The van der Waals surface area contributed by atoms with E-state index in [1.807, 2.05) is 0 Å². The zero-order chi connectivity index (χ0) is 54.7. The van der Waals surface area contributed by atoms with E-state index >= 15 is 0 Å². The van der Waals surface area contributed by atoms with Crippen molar-refractivity contribution < 1.29 is 4.42 Å². The molecule has 7 aromatic rings. The zero-order valence-electron chi connectivity index (χ0n) is 49.7. The molecule has 396 valence electrons. The Morgan fingerprint density at radius 1 is 0.519 bits per heavy atom. The third kappa shape index (κ3) is 8.04.